The zero-order chi connectivity index (χ0) is 7.66. The monoisotopic (exact) mass is 232 g/mol. The van der Waals surface area contributed by atoms with E-state index in [0.717, 1.165) is 0 Å². The van der Waals surface area contributed by atoms with E-state index in [1.807, 2.05) is 0 Å². The van der Waals surface area contributed by atoms with Gasteiger partial charge in [-0.3, -0.25) is 0 Å². The molecule has 0 aromatic rings. The van der Waals surface area contributed by atoms with Crippen LogP contribution in [0.25, 0.3) is 0 Å². The summed E-state index contributed by atoms with van der Waals surface area (Å²) in [7, 11) is 0. The highest BCUT2D eigenvalue weighted by Gasteiger charge is 1.88. The Kier molecular flexibility index (Phi) is 18.5. The highest BCUT2D eigenvalue weighted by atomic mass is 79.9. The first-order valence-electron chi connectivity index (χ1n) is 4.47. The van der Waals surface area contributed by atoms with Gasteiger partial charge in [-0.15, -0.1) is 0 Å². The van der Waals surface area contributed by atoms with E-state index in [4.69, 9.17) is 0 Å². The van der Waals surface area contributed by atoms with Gasteiger partial charge in [0.05, 0.1) is 0 Å². The van der Waals surface area contributed by atoms with E-state index in [9.17, 15) is 0 Å². The minimum atomic E-state index is 0. The van der Waals surface area contributed by atoms with Crippen molar-refractivity contribution in [1.82, 2.24) is 0 Å². The van der Waals surface area contributed by atoms with Gasteiger partial charge in [0.15, 0.2) is 0 Å². The first kappa shape index (κ1) is 14.8. The summed E-state index contributed by atoms with van der Waals surface area (Å²) in [5, 5.41) is 1.18. The highest BCUT2D eigenvalue weighted by molar-refractivity contribution is 9.09. The molecule has 0 rings (SSSR count). The quantitative estimate of drug-likeness (QED) is 0.360. The third-order valence-corrected chi connectivity index (χ3v) is 2.30. The highest BCUT2D eigenvalue weighted by Crippen LogP contribution is 2.07. The maximum atomic E-state index is 3.43. The molecule has 0 spiro atoms. The minimum absolute atomic E-state index is 0. The Hall–Kier alpha value is 1.25. The van der Waals surface area contributed by atoms with Gasteiger partial charge in [-0.2, -0.15) is 0 Å². The standard InChI is InChI=1S/C9H19Br.Mg.2H/c1-2-3-4-5-6-7-8-9-10;;;/h2-9H2,1H3;;;. The van der Waals surface area contributed by atoms with Crippen LogP contribution in [-0.2, 0) is 0 Å². The first-order chi connectivity index (χ1) is 4.91. The molecule has 0 aromatic heterocycles. The van der Waals surface area contributed by atoms with Crippen molar-refractivity contribution >= 4 is 39.0 Å². The Bertz CT molecular complexity index is 49.5. The van der Waals surface area contributed by atoms with Gasteiger partial charge in [0.1, 0.15) is 0 Å². The lowest BCUT2D eigenvalue weighted by molar-refractivity contribution is 0.604. The van der Waals surface area contributed by atoms with Crippen molar-refractivity contribution < 1.29 is 0 Å². The van der Waals surface area contributed by atoms with Crippen LogP contribution in [0.5, 0.6) is 0 Å². The normalized spacial score (nSPS) is 9.27. The van der Waals surface area contributed by atoms with E-state index < -0.39 is 0 Å². The van der Waals surface area contributed by atoms with Gasteiger partial charge < -0.3 is 0 Å². The predicted octanol–water partition coefficient (Wildman–Crippen LogP) is 3.22. The Morgan fingerprint density at radius 2 is 1.27 bits per heavy atom. The topological polar surface area (TPSA) is 0 Å². The van der Waals surface area contributed by atoms with E-state index in [1.165, 1.54) is 50.3 Å². The molecule has 0 aromatic carbocycles. The van der Waals surface area contributed by atoms with Crippen LogP contribution in [0.15, 0.2) is 0 Å². The van der Waals surface area contributed by atoms with Gasteiger partial charge in [-0.1, -0.05) is 61.4 Å². The van der Waals surface area contributed by atoms with Crippen LogP contribution in [-0.4, -0.2) is 28.4 Å². The molecule has 0 fully saturated rings. The molecule has 0 heterocycles. The summed E-state index contributed by atoms with van der Waals surface area (Å²) < 4.78 is 0. The first-order valence-corrected chi connectivity index (χ1v) is 5.60. The molecule has 0 aliphatic carbocycles. The molecule has 0 N–H and O–H groups in total. The number of halogens is 1. The lowest BCUT2D eigenvalue weighted by Crippen LogP contribution is -1.79. The third kappa shape index (κ3) is 14.1. The fourth-order valence-electron chi connectivity index (χ4n) is 1.05. The number of hydrogen-bond acceptors (Lipinski definition) is 0. The van der Waals surface area contributed by atoms with Crippen molar-refractivity contribution in [2.75, 3.05) is 5.33 Å². The number of hydrogen-bond donors (Lipinski definition) is 0. The summed E-state index contributed by atoms with van der Waals surface area (Å²) in [4.78, 5) is 0. The van der Waals surface area contributed by atoms with E-state index in [0.29, 0.717) is 0 Å². The second kappa shape index (κ2) is 13.8. The van der Waals surface area contributed by atoms with Crippen LogP contribution in [0, 0.1) is 0 Å². The van der Waals surface area contributed by atoms with Crippen molar-refractivity contribution in [1.29, 1.82) is 0 Å². The summed E-state index contributed by atoms with van der Waals surface area (Å²) >= 11 is 3.43. The molecule has 0 bridgehead atoms. The molecule has 66 valence electrons. The van der Waals surface area contributed by atoms with Crippen molar-refractivity contribution in [2.45, 2.75) is 51.9 Å². The summed E-state index contributed by atoms with van der Waals surface area (Å²) in [5.74, 6) is 0. The third-order valence-electron chi connectivity index (χ3n) is 1.74. The maximum absolute atomic E-state index is 3.43. The Labute approximate surface area is 95.8 Å². The van der Waals surface area contributed by atoms with Crippen molar-refractivity contribution in [3.8, 4) is 0 Å². The molecule has 0 amide bonds. The molecule has 0 aliphatic heterocycles. The fraction of sp³-hybridized carbons (Fsp3) is 1.00. The van der Waals surface area contributed by atoms with Crippen molar-refractivity contribution in [3.05, 3.63) is 0 Å². The zero-order valence-electron chi connectivity index (χ0n) is 7.03. The second-order valence-corrected chi connectivity index (χ2v) is 3.60. The average molecular weight is 233 g/mol. The van der Waals surface area contributed by atoms with Crippen LogP contribution in [0.3, 0.4) is 0 Å². The van der Waals surface area contributed by atoms with E-state index >= 15 is 0 Å². The molecule has 0 radical (unpaired) electrons. The largest absolute Gasteiger partial charge is 0.316 e. The fourth-order valence-corrected chi connectivity index (χ4v) is 1.45. The van der Waals surface area contributed by atoms with Crippen LogP contribution in [0.1, 0.15) is 51.9 Å². The van der Waals surface area contributed by atoms with Crippen LogP contribution < -0.4 is 0 Å². The maximum Gasteiger partial charge on any atom is 0.316 e. The smallest absolute Gasteiger partial charge is 0.0928 e. The molecule has 0 aliphatic rings. The van der Waals surface area contributed by atoms with Crippen LogP contribution in [0.4, 0.5) is 0 Å². The Morgan fingerprint density at radius 1 is 0.818 bits per heavy atom. The van der Waals surface area contributed by atoms with Crippen molar-refractivity contribution in [2.24, 2.45) is 0 Å². The second-order valence-electron chi connectivity index (χ2n) is 2.81. The van der Waals surface area contributed by atoms with Gasteiger partial charge in [0.2, 0.25) is 0 Å². The molecular formula is C9H21BrMg. The van der Waals surface area contributed by atoms with Crippen molar-refractivity contribution in [3.63, 3.8) is 0 Å². The van der Waals surface area contributed by atoms with E-state index in [2.05, 4.69) is 22.9 Å². The molecule has 0 atom stereocenters. The molecule has 0 nitrogen and oxygen atoms in total. The molecule has 0 saturated carbocycles. The summed E-state index contributed by atoms with van der Waals surface area (Å²) in [6.07, 6.45) is 9.87. The molecule has 11 heavy (non-hydrogen) atoms. The van der Waals surface area contributed by atoms with E-state index in [1.54, 1.807) is 0 Å². The lowest BCUT2D eigenvalue weighted by Gasteiger charge is -1.97. The molecule has 0 unspecified atom stereocenters. The Balaban J connectivity index is 0. The minimum Gasteiger partial charge on any atom is -0.0928 e. The average Bonchev–Trinajstić information content (AvgIpc) is 1.97. The van der Waals surface area contributed by atoms with Gasteiger partial charge in [-0.05, 0) is 6.42 Å². The van der Waals surface area contributed by atoms with Gasteiger partial charge in [0, 0.05) is 5.33 Å². The lowest BCUT2D eigenvalue weighted by atomic mass is 10.1. The van der Waals surface area contributed by atoms with Crippen LogP contribution in [0.2, 0.25) is 0 Å². The number of rotatable bonds is 7. The number of alkyl halides is 1. The predicted molar refractivity (Wildman–Crippen MR) is 60.3 cm³/mol. The molecule has 0 saturated heterocycles. The molecular weight excluding hydrogens is 212 g/mol. The summed E-state index contributed by atoms with van der Waals surface area (Å²) in [5.41, 5.74) is 0. The summed E-state index contributed by atoms with van der Waals surface area (Å²) in [6.45, 7) is 2.26. The van der Waals surface area contributed by atoms with Crippen LogP contribution >= 0.6 is 15.9 Å². The van der Waals surface area contributed by atoms with Gasteiger partial charge in [-0.25, -0.2) is 0 Å². The van der Waals surface area contributed by atoms with Gasteiger partial charge >= 0.3 is 23.1 Å². The number of unbranched alkanes of at least 4 members (excludes halogenated alkanes) is 6. The SMILES string of the molecule is CCCCCCCCCBr.[MgH2]. The molecule has 2 heteroatoms. The Morgan fingerprint density at radius 3 is 1.73 bits per heavy atom. The van der Waals surface area contributed by atoms with Gasteiger partial charge in [0.25, 0.3) is 0 Å². The zero-order valence-corrected chi connectivity index (χ0v) is 8.62. The summed E-state index contributed by atoms with van der Waals surface area (Å²) in [6, 6.07) is 0. The van der Waals surface area contributed by atoms with E-state index in [-0.39, 0.29) is 23.1 Å².